The molecule has 0 aromatic carbocycles. The predicted octanol–water partition coefficient (Wildman–Crippen LogP) is 2.17. The second-order valence-electron chi connectivity index (χ2n) is 4.59. The molecule has 0 bridgehead atoms. The van der Waals surface area contributed by atoms with Gasteiger partial charge in [-0.15, -0.1) is 0 Å². The molecule has 0 radical (unpaired) electrons. The van der Waals surface area contributed by atoms with E-state index < -0.39 is 0 Å². The Kier molecular flexibility index (Phi) is 5.18. The molecule has 0 aliphatic carbocycles. The maximum Gasteiger partial charge on any atom is 0.162 e. The maximum absolute atomic E-state index is 5.16. The third-order valence-electron chi connectivity index (χ3n) is 2.81. The van der Waals surface area contributed by atoms with E-state index in [1.807, 2.05) is 6.07 Å². The van der Waals surface area contributed by atoms with Gasteiger partial charge in [-0.2, -0.15) is 0 Å². The van der Waals surface area contributed by atoms with Crippen molar-refractivity contribution in [1.82, 2.24) is 15.0 Å². The molecule has 0 amide bonds. The molecule has 0 atom stereocenters. The van der Waals surface area contributed by atoms with Crippen LogP contribution in [0.4, 0.5) is 0 Å². The summed E-state index contributed by atoms with van der Waals surface area (Å²) in [6.45, 7) is 5.32. The molecular formula is C14H21N3O2. The fraction of sp³-hybridized carbons (Fsp3) is 0.500. The minimum absolute atomic E-state index is 0.463. The van der Waals surface area contributed by atoms with Gasteiger partial charge in [-0.1, -0.05) is 12.1 Å². The van der Waals surface area contributed by atoms with Gasteiger partial charge in [0, 0.05) is 32.1 Å². The molecule has 5 heteroatoms. The van der Waals surface area contributed by atoms with E-state index in [9.17, 15) is 0 Å². The Morgan fingerprint density at radius 3 is 3.16 bits per heavy atom. The molecule has 0 unspecified atom stereocenters. The SMILES string of the molecule is CCCNCc1ccn(Cc2cc(COC)on2)c1. The van der Waals surface area contributed by atoms with Crippen molar-refractivity contribution in [2.24, 2.45) is 0 Å². The second-order valence-corrected chi connectivity index (χ2v) is 4.59. The summed E-state index contributed by atoms with van der Waals surface area (Å²) in [6, 6.07) is 4.05. The Morgan fingerprint density at radius 1 is 1.47 bits per heavy atom. The van der Waals surface area contributed by atoms with Crippen molar-refractivity contribution in [2.75, 3.05) is 13.7 Å². The van der Waals surface area contributed by atoms with Crippen LogP contribution in [0.3, 0.4) is 0 Å². The number of hydrogen-bond acceptors (Lipinski definition) is 4. The van der Waals surface area contributed by atoms with E-state index in [1.165, 1.54) is 5.56 Å². The molecule has 2 heterocycles. The van der Waals surface area contributed by atoms with Crippen LogP contribution in [0.15, 0.2) is 29.0 Å². The van der Waals surface area contributed by atoms with E-state index >= 15 is 0 Å². The van der Waals surface area contributed by atoms with Crippen molar-refractivity contribution in [3.63, 3.8) is 0 Å². The monoisotopic (exact) mass is 263 g/mol. The van der Waals surface area contributed by atoms with Crippen LogP contribution in [0.1, 0.15) is 30.4 Å². The first kappa shape index (κ1) is 13.8. The van der Waals surface area contributed by atoms with Crippen molar-refractivity contribution < 1.29 is 9.26 Å². The average Bonchev–Trinajstić information content (AvgIpc) is 3.01. The van der Waals surface area contributed by atoms with Crippen LogP contribution >= 0.6 is 0 Å². The molecule has 19 heavy (non-hydrogen) atoms. The highest BCUT2D eigenvalue weighted by atomic mass is 16.5. The molecule has 2 rings (SSSR count). The topological polar surface area (TPSA) is 52.2 Å². The van der Waals surface area contributed by atoms with Crippen LogP contribution in [0.2, 0.25) is 0 Å². The highest BCUT2D eigenvalue weighted by Crippen LogP contribution is 2.08. The second kappa shape index (κ2) is 7.11. The number of ether oxygens (including phenoxy) is 1. The highest BCUT2D eigenvalue weighted by Gasteiger charge is 2.05. The molecule has 0 aliphatic heterocycles. The van der Waals surface area contributed by atoms with Gasteiger partial charge in [0.1, 0.15) is 12.3 Å². The van der Waals surface area contributed by atoms with E-state index in [2.05, 4.69) is 40.4 Å². The van der Waals surface area contributed by atoms with E-state index in [4.69, 9.17) is 9.26 Å². The van der Waals surface area contributed by atoms with Crippen molar-refractivity contribution in [1.29, 1.82) is 0 Å². The highest BCUT2D eigenvalue weighted by molar-refractivity contribution is 5.12. The molecule has 0 spiro atoms. The van der Waals surface area contributed by atoms with Crippen molar-refractivity contribution in [3.05, 3.63) is 41.5 Å². The standard InChI is InChI=1S/C14H21N3O2/c1-3-5-15-8-12-4-6-17(9-12)10-13-7-14(11-18-2)19-16-13/h4,6-7,9,15H,3,5,8,10-11H2,1-2H3. The summed E-state index contributed by atoms with van der Waals surface area (Å²) in [5.74, 6) is 0.759. The first-order valence-electron chi connectivity index (χ1n) is 6.60. The Hall–Kier alpha value is -1.59. The summed E-state index contributed by atoms with van der Waals surface area (Å²) in [5, 5.41) is 7.41. The van der Waals surface area contributed by atoms with Crippen LogP contribution in [0.5, 0.6) is 0 Å². The van der Waals surface area contributed by atoms with Gasteiger partial charge >= 0.3 is 0 Å². The lowest BCUT2D eigenvalue weighted by Gasteiger charge is -2.00. The van der Waals surface area contributed by atoms with Crippen LogP contribution < -0.4 is 5.32 Å². The number of hydrogen-bond donors (Lipinski definition) is 1. The summed E-state index contributed by atoms with van der Waals surface area (Å²) in [6.07, 6.45) is 5.35. The molecule has 0 saturated heterocycles. The Bertz CT molecular complexity index is 490. The zero-order valence-electron chi connectivity index (χ0n) is 11.6. The minimum Gasteiger partial charge on any atom is -0.377 e. The van der Waals surface area contributed by atoms with Gasteiger partial charge in [0.2, 0.25) is 0 Å². The first-order valence-corrected chi connectivity index (χ1v) is 6.60. The molecule has 1 N–H and O–H groups in total. The van der Waals surface area contributed by atoms with Gasteiger partial charge in [-0.05, 0) is 24.6 Å². The lowest BCUT2D eigenvalue weighted by Crippen LogP contribution is -2.13. The van der Waals surface area contributed by atoms with Gasteiger partial charge in [0.05, 0.1) is 6.54 Å². The lowest BCUT2D eigenvalue weighted by atomic mass is 10.3. The van der Waals surface area contributed by atoms with Gasteiger partial charge in [0.25, 0.3) is 0 Å². The van der Waals surface area contributed by atoms with E-state index in [0.717, 1.165) is 37.5 Å². The first-order chi connectivity index (χ1) is 9.31. The van der Waals surface area contributed by atoms with Gasteiger partial charge in [0.15, 0.2) is 5.76 Å². The summed E-state index contributed by atoms with van der Waals surface area (Å²) < 4.78 is 12.3. The summed E-state index contributed by atoms with van der Waals surface area (Å²) in [7, 11) is 1.64. The van der Waals surface area contributed by atoms with E-state index in [0.29, 0.717) is 6.61 Å². The van der Waals surface area contributed by atoms with E-state index in [1.54, 1.807) is 7.11 Å². The quantitative estimate of drug-likeness (QED) is 0.742. The normalized spacial score (nSPS) is 11.1. The van der Waals surface area contributed by atoms with Gasteiger partial charge < -0.3 is 19.1 Å². The fourth-order valence-electron chi connectivity index (χ4n) is 1.93. The van der Waals surface area contributed by atoms with Gasteiger partial charge in [-0.25, -0.2) is 0 Å². The summed E-state index contributed by atoms with van der Waals surface area (Å²) in [5.41, 5.74) is 2.20. The number of rotatable bonds is 8. The van der Waals surface area contributed by atoms with Crippen molar-refractivity contribution in [3.8, 4) is 0 Å². The largest absolute Gasteiger partial charge is 0.377 e. The van der Waals surface area contributed by atoms with E-state index in [-0.39, 0.29) is 0 Å². The molecule has 2 aromatic rings. The summed E-state index contributed by atoms with van der Waals surface area (Å²) in [4.78, 5) is 0. The Labute approximate surface area is 113 Å². The summed E-state index contributed by atoms with van der Waals surface area (Å²) >= 11 is 0. The number of methoxy groups -OCH3 is 1. The minimum atomic E-state index is 0.463. The number of nitrogens with one attached hydrogen (secondary N) is 1. The average molecular weight is 263 g/mol. The third-order valence-corrected chi connectivity index (χ3v) is 2.81. The third kappa shape index (κ3) is 4.22. The Morgan fingerprint density at radius 2 is 2.37 bits per heavy atom. The van der Waals surface area contributed by atoms with Crippen molar-refractivity contribution >= 4 is 0 Å². The molecule has 2 aromatic heterocycles. The van der Waals surface area contributed by atoms with Crippen LogP contribution in [0.25, 0.3) is 0 Å². The smallest absolute Gasteiger partial charge is 0.162 e. The molecule has 0 fully saturated rings. The molecule has 0 saturated carbocycles. The molecule has 0 aliphatic rings. The molecular weight excluding hydrogens is 242 g/mol. The predicted molar refractivity (Wildman–Crippen MR) is 72.7 cm³/mol. The van der Waals surface area contributed by atoms with Crippen LogP contribution in [-0.4, -0.2) is 23.4 Å². The Balaban J connectivity index is 1.87. The fourth-order valence-corrected chi connectivity index (χ4v) is 1.93. The van der Waals surface area contributed by atoms with Crippen molar-refractivity contribution in [2.45, 2.75) is 33.0 Å². The van der Waals surface area contributed by atoms with Crippen LogP contribution in [0, 0.1) is 0 Å². The molecule has 5 nitrogen and oxygen atoms in total. The zero-order valence-corrected chi connectivity index (χ0v) is 11.6. The maximum atomic E-state index is 5.16. The number of aromatic nitrogens is 2. The lowest BCUT2D eigenvalue weighted by molar-refractivity contribution is 0.155. The number of nitrogens with zero attached hydrogens (tertiary/aromatic N) is 2. The zero-order chi connectivity index (χ0) is 13.5. The van der Waals surface area contributed by atoms with Crippen LogP contribution in [-0.2, 0) is 24.4 Å². The van der Waals surface area contributed by atoms with Gasteiger partial charge in [-0.3, -0.25) is 0 Å². The molecule has 104 valence electrons.